The van der Waals surface area contributed by atoms with E-state index in [1.165, 1.54) is 12.8 Å². The molecule has 0 atom stereocenters. The van der Waals surface area contributed by atoms with Crippen LogP contribution in [0.4, 0.5) is 5.82 Å². The minimum atomic E-state index is 0.636. The molecule has 18 heavy (non-hydrogen) atoms. The van der Waals surface area contributed by atoms with Gasteiger partial charge < -0.3 is 15.2 Å². The van der Waals surface area contributed by atoms with E-state index in [4.69, 9.17) is 5.73 Å². The minimum absolute atomic E-state index is 0.636. The van der Waals surface area contributed by atoms with Crippen molar-refractivity contribution in [3.8, 4) is 0 Å². The Balaban J connectivity index is 2.00. The van der Waals surface area contributed by atoms with Crippen molar-refractivity contribution in [1.82, 2.24) is 14.5 Å². The highest BCUT2D eigenvalue weighted by Gasteiger charge is 2.31. The monoisotopic (exact) mass is 245 g/mol. The third kappa shape index (κ3) is 1.95. The number of nitrogens with zero attached hydrogens (tertiary/aromatic N) is 4. The normalized spacial score (nSPS) is 15.2. The van der Waals surface area contributed by atoms with Crippen molar-refractivity contribution >= 4 is 16.9 Å². The minimum Gasteiger partial charge on any atom is -0.352 e. The second-order valence-corrected chi connectivity index (χ2v) is 4.92. The fourth-order valence-corrected chi connectivity index (χ4v) is 2.37. The summed E-state index contributed by atoms with van der Waals surface area (Å²) in [6.07, 6.45) is 7.24. The molecule has 0 saturated heterocycles. The fraction of sp³-hybridized carbons (Fsp3) is 0.538. The summed E-state index contributed by atoms with van der Waals surface area (Å²) in [6.45, 7) is 1.70. The van der Waals surface area contributed by atoms with Gasteiger partial charge in [-0.2, -0.15) is 0 Å². The SMILES string of the molecule is Cn1cnc2c(N(CCCN)C3CC3)nccc21. The van der Waals surface area contributed by atoms with Gasteiger partial charge in [0.15, 0.2) is 5.82 Å². The smallest absolute Gasteiger partial charge is 0.156 e. The molecule has 0 amide bonds. The summed E-state index contributed by atoms with van der Waals surface area (Å²) in [5.41, 5.74) is 7.77. The fourth-order valence-electron chi connectivity index (χ4n) is 2.37. The van der Waals surface area contributed by atoms with Crippen LogP contribution in [-0.4, -0.2) is 33.7 Å². The van der Waals surface area contributed by atoms with Crippen LogP contribution in [-0.2, 0) is 7.05 Å². The largest absolute Gasteiger partial charge is 0.352 e. The lowest BCUT2D eigenvalue weighted by Gasteiger charge is -2.23. The number of fused-ring (bicyclic) bond motifs is 1. The third-order valence-electron chi connectivity index (χ3n) is 3.49. The van der Waals surface area contributed by atoms with E-state index in [9.17, 15) is 0 Å². The van der Waals surface area contributed by atoms with Crippen LogP contribution in [0.2, 0.25) is 0 Å². The molecule has 1 saturated carbocycles. The lowest BCUT2D eigenvalue weighted by atomic mass is 10.3. The van der Waals surface area contributed by atoms with E-state index >= 15 is 0 Å². The zero-order valence-corrected chi connectivity index (χ0v) is 10.7. The van der Waals surface area contributed by atoms with Crippen LogP contribution in [0.1, 0.15) is 19.3 Å². The summed E-state index contributed by atoms with van der Waals surface area (Å²) in [6, 6.07) is 2.65. The molecule has 1 aliphatic carbocycles. The summed E-state index contributed by atoms with van der Waals surface area (Å²) in [5, 5.41) is 0. The second kappa shape index (κ2) is 4.57. The highest BCUT2D eigenvalue weighted by molar-refractivity contribution is 5.86. The number of hydrogen-bond acceptors (Lipinski definition) is 4. The van der Waals surface area contributed by atoms with Crippen LogP contribution in [0.25, 0.3) is 11.0 Å². The van der Waals surface area contributed by atoms with E-state index < -0.39 is 0 Å². The molecule has 2 aromatic heterocycles. The zero-order valence-electron chi connectivity index (χ0n) is 10.7. The molecule has 0 radical (unpaired) electrons. The summed E-state index contributed by atoms with van der Waals surface area (Å²) >= 11 is 0. The number of hydrogen-bond donors (Lipinski definition) is 1. The van der Waals surface area contributed by atoms with Gasteiger partial charge in [-0.15, -0.1) is 0 Å². The van der Waals surface area contributed by atoms with Crippen molar-refractivity contribution in [3.63, 3.8) is 0 Å². The molecule has 0 aromatic carbocycles. The molecule has 5 heteroatoms. The number of rotatable bonds is 5. The van der Waals surface area contributed by atoms with Gasteiger partial charge in [-0.05, 0) is 31.9 Å². The zero-order chi connectivity index (χ0) is 12.5. The molecule has 0 aliphatic heterocycles. The molecule has 2 N–H and O–H groups in total. The molecule has 96 valence electrons. The van der Waals surface area contributed by atoms with Gasteiger partial charge in [0.05, 0.1) is 11.8 Å². The van der Waals surface area contributed by atoms with E-state index in [0.717, 1.165) is 36.4 Å². The highest BCUT2D eigenvalue weighted by Crippen LogP contribution is 2.33. The Morgan fingerprint density at radius 3 is 3.00 bits per heavy atom. The van der Waals surface area contributed by atoms with Crippen molar-refractivity contribution in [2.45, 2.75) is 25.3 Å². The Kier molecular flexibility index (Phi) is 2.91. The van der Waals surface area contributed by atoms with E-state index in [1.54, 1.807) is 0 Å². The van der Waals surface area contributed by atoms with Gasteiger partial charge >= 0.3 is 0 Å². The van der Waals surface area contributed by atoms with Crippen LogP contribution in [0.3, 0.4) is 0 Å². The predicted molar refractivity (Wildman–Crippen MR) is 72.5 cm³/mol. The van der Waals surface area contributed by atoms with E-state index in [0.29, 0.717) is 6.04 Å². The summed E-state index contributed by atoms with van der Waals surface area (Å²) in [4.78, 5) is 11.4. The molecule has 3 rings (SSSR count). The molecule has 2 heterocycles. The van der Waals surface area contributed by atoms with Crippen molar-refractivity contribution in [3.05, 3.63) is 18.6 Å². The van der Waals surface area contributed by atoms with Crippen LogP contribution in [0.15, 0.2) is 18.6 Å². The molecular weight excluding hydrogens is 226 g/mol. The quantitative estimate of drug-likeness (QED) is 0.862. The Morgan fingerprint density at radius 2 is 2.28 bits per heavy atom. The lowest BCUT2D eigenvalue weighted by Crippen LogP contribution is -2.29. The van der Waals surface area contributed by atoms with Crippen molar-refractivity contribution in [2.24, 2.45) is 12.8 Å². The Bertz CT molecular complexity index is 543. The number of aromatic nitrogens is 3. The maximum atomic E-state index is 5.63. The van der Waals surface area contributed by atoms with Gasteiger partial charge in [-0.1, -0.05) is 0 Å². The van der Waals surface area contributed by atoms with E-state index in [1.807, 2.05) is 30.2 Å². The maximum Gasteiger partial charge on any atom is 0.156 e. The first-order valence-electron chi connectivity index (χ1n) is 6.54. The topological polar surface area (TPSA) is 60.0 Å². The number of pyridine rings is 1. The van der Waals surface area contributed by atoms with Gasteiger partial charge in [0.2, 0.25) is 0 Å². The molecule has 0 unspecified atom stereocenters. The first kappa shape index (κ1) is 11.5. The number of anilines is 1. The second-order valence-electron chi connectivity index (χ2n) is 4.92. The van der Waals surface area contributed by atoms with Gasteiger partial charge in [0.25, 0.3) is 0 Å². The summed E-state index contributed by atoms with van der Waals surface area (Å²) < 4.78 is 2.04. The molecule has 0 spiro atoms. The maximum absolute atomic E-state index is 5.63. The molecule has 2 aromatic rings. The van der Waals surface area contributed by atoms with Crippen LogP contribution < -0.4 is 10.6 Å². The molecule has 0 bridgehead atoms. The summed E-state index contributed by atoms with van der Waals surface area (Å²) in [5.74, 6) is 1.02. The average molecular weight is 245 g/mol. The van der Waals surface area contributed by atoms with Gasteiger partial charge in [-0.3, -0.25) is 0 Å². The molecular formula is C13H19N5. The van der Waals surface area contributed by atoms with Gasteiger partial charge in [-0.25, -0.2) is 9.97 Å². The van der Waals surface area contributed by atoms with Gasteiger partial charge in [0, 0.05) is 25.8 Å². The molecule has 5 nitrogen and oxygen atoms in total. The number of nitrogens with two attached hydrogens (primary N) is 1. The average Bonchev–Trinajstić information content (AvgIpc) is 3.15. The molecule has 1 aliphatic rings. The van der Waals surface area contributed by atoms with Crippen molar-refractivity contribution < 1.29 is 0 Å². The lowest BCUT2D eigenvalue weighted by molar-refractivity contribution is 0.725. The highest BCUT2D eigenvalue weighted by atomic mass is 15.2. The third-order valence-corrected chi connectivity index (χ3v) is 3.49. The Hall–Kier alpha value is -1.62. The van der Waals surface area contributed by atoms with Crippen molar-refractivity contribution in [2.75, 3.05) is 18.0 Å². The standard InChI is InChI=1S/C13H19N5/c1-17-9-16-12-11(17)5-7-15-13(12)18(8-2-6-14)10-3-4-10/h5,7,9-10H,2-4,6,8,14H2,1H3. The predicted octanol–water partition coefficient (Wildman–Crippen LogP) is 1.29. The van der Waals surface area contributed by atoms with Crippen LogP contribution in [0.5, 0.6) is 0 Å². The summed E-state index contributed by atoms with van der Waals surface area (Å²) in [7, 11) is 2.01. The Morgan fingerprint density at radius 1 is 1.44 bits per heavy atom. The first-order valence-corrected chi connectivity index (χ1v) is 6.54. The number of aryl methyl sites for hydroxylation is 1. The van der Waals surface area contributed by atoms with E-state index in [-0.39, 0.29) is 0 Å². The van der Waals surface area contributed by atoms with E-state index in [2.05, 4.69) is 14.9 Å². The Labute approximate surface area is 107 Å². The van der Waals surface area contributed by atoms with Crippen molar-refractivity contribution in [1.29, 1.82) is 0 Å². The van der Waals surface area contributed by atoms with Crippen LogP contribution >= 0.6 is 0 Å². The molecule has 1 fully saturated rings. The first-order chi connectivity index (χ1) is 8.81. The van der Waals surface area contributed by atoms with Gasteiger partial charge in [0.1, 0.15) is 5.52 Å². The van der Waals surface area contributed by atoms with Crippen LogP contribution in [0, 0.1) is 0 Å². The number of imidazole rings is 1.